The van der Waals surface area contributed by atoms with Crippen molar-refractivity contribution in [2.45, 2.75) is 6.54 Å². The molecule has 2 rings (SSSR count). The molecule has 6 nitrogen and oxygen atoms in total. The van der Waals surface area contributed by atoms with E-state index in [1.807, 2.05) is 0 Å². The van der Waals surface area contributed by atoms with E-state index >= 15 is 0 Å². The second-order valence-corrected chi connectivity index (χ2v) is 4.75. The van der Waals surface area contributed by atoms with E-state index in [0.717, 1.165) is 5.56 Å². The van der Waals surface area contributed by atoms with Gasteiger partial charge in [0.15, 0.2) is 5.78 Å². The number of aromatic amines is 1. The third-order valence-corrected chi connectivity index (χ3v) is 2.93. The lowest BCUT2D eigenvalue weighted by molar-refractivity contribution is -0.384. The number of hydrogen-bond acceptors (Lipinski definition) is 4. The fourth-order valence-electron chi connectivity index (χ4n) is 1.98. The predicted octanol–water partition coefficient (Wildman–Crippen LogP) is 2.38. The van der Waals surface area contributed by atoms with Crippen LogP contribution in [0.2, 0.25) is 0 Å². The van der Waals surface area contributed by atoms with Crippen LogP contribution in [0.4, 0.5) is 10.1 Å². The number of nitrogens with zero attached hydrogens (tertiary/aromatic N) is 2. The van der Waals surface area contributed by atoms with Crippen LogP contribution in [0, 0.1) is 15.9 Å². The third-order valence-electron chi connectivity index (χ3n) is 2.93. The van der Waals surface area contributed by atoms with Crippen molar-refractivity contribution in [2.24, 2.45) is 0 Å². The third kappa shape index (κ3) is 3.96. The van der Waals surface area contributed by atoms with Crippen molar-refractivity contribution in [1.29, 1.82) is 0 Å². The highest BCUT2D eigenvalue weighted by Crippen LogP contribution is 2.13. The second-order valence-electron chi connectivity index (χ2n) is 4.75. The van der Waals surface area contributed by atoms with Gasteiger partial charge in [-0.15, -0.1) is 0 Å². The van der Waals surface area contributed by atoms with Gasteiger partial charge in [-0.25, -0.2) is 4.39 Å². The van der Waals surface area contributed by atoms with Gasteiger partial charge in [-0.3, -0.25) is 19.8 Å². The van der Waals surface area contributed by atoms with Gasteiger partial charge in [0.25, 0.3) is 5.69 Å². The van der Waals surface area contributed by atoms with Crippen LogP contribution in [0.1, 0.15) is 16.1 Å². The van der Waals surface area contributed by atoms with Gasteiger partial charge in [-0.2, -0.15) is 0 Å². The summed E-state index contributed by atoms with van der Waals surface area (Å²) < 4.78 is 13.1. The molecule has 0 saturated carbocycles. The molecule has 7 heteroatoms. The van der Waals surface area contributed by atoms with Gasteiger partial charge in [0.1, 0.15) is 5.82 Å². The minimum absolute atomic E-state index is 0.0776. The fourth-order valence-corrected chi connectivity index (χ4v) is 1.98. The quantitative estimate of drug-likeness (QED) is 0.503. The average molecular weight is 291 g/mol. The number of rotatable bonds is 6. The summed E-state index contributed by atoms with van der Waals surface area (Å²) in [7, 11) is 1.72. The molecule has 0 bridgehead atoms. The standard InChI is InChI=1S/C14H14FN3O3/c1-17(8-10-3-2-4-11(15)5-10)9-14(19)13-6-12(7-16-13)18(20)21/h2-7,16H,8-9H2,1H3. The Labute approximate surface area is 120 Å². The smallest absolute Gasteiger partial charge is 0.287 e. The van der Waals surface area contributed by atoms with Crippen LogP contribution >= 0.6 is 0 Å². The summed E-state index contributed by atoms with van der Waals surface area (Å²) in [6.07, 6.45) is 1.18. The molecule has 1 aromatic heterocycles. The van der Waals surface area contributed by atoms with E-state index in [1.165, 1.54) is 24.4 Å². The number of hydrogen-bond donors (Lipinski definition) is 1. The SMILES string of the molecule is CN(CC(=O)c1cc([N+](=O)[O-])c[nH]1)Cc1cccc(F)c1. The first-order valence-electron chi connectivity index (χ1n) is 6.24. The van der Waals surface area contributed by atoms with Crippen molar-refractivity contribution in [3.63, 3.8) is 0 Å². The van der Waals surface area contributed by atoms with Gasteiger partial charge in [0, 0.05) is 12.6 Å². The summed E-state index contributed by atoms with van der Waals surface area (Å²) in [6.45, 7) is 0.487. The number of Topliss-reactive ketones (excluding diaryl/α,β-unsaturated/α-hetero) is 1. The molecule has 0 aliphatic rings. The second kappa shape index (κ2) is 6.27. The normalized spacial score (nSPS) is 10.8. The molecule has 0 aliphatic carbocycles. The molecule has 1 heterocycles. The van der Waals surface area contributed by atoms with E-state index in [9.17, 15) is 19.3 Å². The summed E-state index contributed by atoms with van der Waals surface area (Å²) in [4.78, 5) is 26.3. The van der Waals surface area contributed by atoms with E-state index in [0.29, 0.717) is 6.54 Å². The lowest BCUT2D eigenvalue weighted by atomic mass is 10.2. The highest BCUT2D eigenvalue weighted by atomic mass is 19.1. The Morgan fingerprint density at radius 2 is 2.19 bits per heavy atom. The molecule has 0 atom stereocenters. The molecule has 2 aromatic rings. The molecule has 0 amide bonds. The molecule has 110 valence electrons. The number of halogens is 1. The van der Waals surface area contributed by atoms with Crippen LogP contribution in [0.15, 0.2) is 36.5 Å². The maximum Gasteiger partial charge on any atom is 0.287 e. The zero-order chi connectivity index (χ0) is 15.4. The molecule has 21 heavy (non-hydrogen) atoms. The van der Waals surface area contributed by atoms with Gasteiger partial charge >= 0.3 is 0 Å². The van der Waals surface area contributed by atoms with Crippen LogP contribution in [0.25, 0.3) is 0 Å². The van der Waals surface area contributed by atoms with Crippen LogP contribution in [-0.2, 0) is 6.54 Å². The summed E-state index contributed by atoms with van der Waals surface area (Å²) in [6, 6.07) is 7.34. The Morgan fingerprint density at radius 3 is 2.81 bits per heavy atom. The summed E-state index contributed by atoms with van der Waals surface area (Å²) >= 11 is 0. The molecular formula is C14H14FN3O3. The maximum absolute atomic E-state index is 13.1. The van der Waals surface area contributed by atoms with Crippen LogP contribution < -0.4 is 0 Å². The molecular weight excluding hydrogens is 277 g/mol. The number of carbonyl (C=O) groups is 1. The first-order valence-corrected chi connectivity index (χ1v) is 6.24. The number of likely N-dealkylation sites (N-methyl/N-ethyl adjacent to an activating group) is 1. The number of H-pyrrole nitrogens is 1. The lowest BCUT2D eigenvalue weighted by Crippen LogP contribution is -2.25. The van der Waals surface area contributed by atoms with Crippen molar-refractivity contribution in [3.05, 3.63) is 63.7 Å². The number of aromatic nitrogens is 1. The van der Waals surface area contributed by atoms with E-state index in [1.54, 1.807) is 24.1 Å². The molecule has 1 N–H and O–H groups in total. The number of carbonyl (C=O) groups excluding carboxylic acids is 1. The van der Waals surface area contributed by atoms with Crippen LogP contribution in [0.3, 0.4) is 0 Å². The zero-order valence-corrected chi connectivity index (χ0v) is 11.4. The van der Waals surface area contributed by atoms with E-state index in [-0.39, 0.29) is 29.5 Å². The zero-order valence-electron chi connectivity index (χ0n) is 11.4. The molecule has 0 fully saturated rings. The minimum atomic E-state index is -0.566. The highest BCUT2D eigenvalue weighted by Gasteiger charge is 2.16. The fraction of sp³-hybridized carbons (Fsp3) is 0.214. The topological polar surface area (TPSA) is 79.2 Å². The van der Waals surface area contributed by atoms with E-state index in [4.69, 9.17) is 0 Å². The van der Waals surface area contributed by atoms with Gasteiger partial charge < -0.3 is 4.98 Å². The molecule has 1 aromatic carbocycles. The molecule has 0 spiro atoms. The number of nitrogens with one attached hydrogen (secondary N) is 1. The predicted molar refractivity (Wildman–Crippen MR) is 74.5 cm³/mol. The summed E-state index contributed by atoms with van der Waals surface area (Å²) in [5.74, 6) is -0.589. The maximum atomic E-state index is 13.1. The number of benzene rings is 1. The van der Waals surface area contributed by atoms with E-state index in [2.05, 4.69) is 4.98 Å². The Bertz CT molecular complexity index is 669. The largest absolute Gasteiger partial charge is 0.353 e. The van der Waals surface area contributed by atoms with Crippen molar-refractivity contribution < 1.29 is 14.1 Å². The molecule has 0 radical (unpaired) electrons. The van der Waals surface area contributed by atoms with Crippen molar-refractivity contribution in [1.82, 2.24) is 9.88 Å². The van der Waals surface area contributed by atoms with Gasteiger partial charge in [-0.1, -0.05) is 12.1 Å². The Balaban J connectivity index is 1.96. The molecule has 0 saturated heterocycles. The first kappa shape index (κ1) is 14.9. The number of nitro groups is 1. The Morgan fingerprint density at radius 1 is 1.43 bits per heavy atom. The van der Waals surface area contributed by atoms with Crippen LogP contribution in [0.5, 0.6) is 0 Å². The van der Waals surface area contributed by atoms with Crippen molar-refractivity contribution in [2.75, 3.05) is 13.6 Å². The Hall–Kier alpha value is -2.54. The highest BCUT2D eigenvalue weighted by molar-refractivity contribution is 5.96. The summed E-state index contributed by atoms with van der Waals surface area (Å²) in [5.41, 5.74) is 0.793. The van der Waals surface area contributed by atoms with Gasteiger partial charge in [0.2, 0.25) is 0 Å². The molecule has 0 aliphatic heterocycles. The van der Waals surface area contributed by atoms with Gasteiger partial charge in [0.05, 0.1) is 23.4 Å². The first-order chi connectivity index (χ1) is 9.95. The average Bonchev–Trinajstić information content (AvgIpc) is 2.88. The lowest BCUT2D eigenvalue weighted by Gasteiger charge is -2.15. The molecule has 0 unspecified atom stereocenters. The Kier molecular flexibility index (Phi) is 4.44. The van der Waals surface area contributed by atoms with E-state index < -0.39 is 4.92 Å². The summed E-state index contributed by atoms with van der Waals surface area (Å²) in [5, 5.41) is 10.6. The van der Waals surface area contributed by atoms with Crippen molar-refractivity contribution >= 4 is 11.5 Å². The van der Waals surface area contributed by atoms with Crippen molar-refractivity contribution in [3.8, 4) is 0 Å². The number of ketones is 1. The van der Waals surface area contributed by atoms with Crippen LogP contribution in [-0.4, -0.2) is 34.2 Å². The van der Waals surface area contributed by atoms with Gasteiger partial charge in [-0.05, 0) is 24.7 Å². The monoisotopic (exact) mass is 291 g/mol. The minimum Gasteiger partial charge on any atom is -0.353 e.